The van der Waals surface area contributed by atoms with Gasteiger partial charge in [0.25, 0.3) is 0 Å². The number of carbonyl (C=O) groups is 2. The number of amides is 1. The van der Waals surface area contributed by atoms with Crippen LogP contribution < -0.4 is 5.32 Å². The van der Waals surface area contributed by atoms with Gasteiger partial charge >= 0.3 is 5.97 Å². The topological polar surface area (TPSA) is 66.4 Å². The van der Waals surface area contributed by atoms with E-state index < -0.39 is 16.8 Å². The first-order valence-corrected chi connectivity index (χ1v) is 7.17. The minimum atomic E-state index is -1.04. The molecule has 0 radical (unpaired) electrons. The molecule has 19 heavy (non-hydrogen) atoms. The van der Waals surface area contributed by atoms with Crippen molar-refractivity contribution < 1.29 is 14.7 Å². The molecule has 1 saturated carbocycles. The van der Waals surface area contributed by atoms with Gasteiger partial charge in [0.05, 0.1) is 10.3 Å². The van der Waals surface area contributed by atoms with Crippen LogP contribution in [-0.4, -0.2) is 27.8 Å². The van der Waals surface area contributed by atoms with E-state index in [9.17, 15) is 9.59 Å². The first-order chi connectivity index (χ1) is 8.94. The van der Waals surface area contributed by atoms with Gasteiger partial charge in [0.1, 0.15) is 5.54 Å². The number of halogens is 1. The molecule has 102 valence electrons. The van der Waals surface area contributed by atoms with Gasteiger partial charge in [-0.2, -0.15) is 0 Å². The number of hydrogen-bond acceptors (Lipinski definition) is 3. The molecular formula is C13H14ClNO3S. The third-order valence-electron chi connectivity index (χ3n) is 3.03. The highest BCUT2D eigenvalue weighted by Crippen LogP contribution is 2.36. The van der Waals surface area contributed by atoms with E-state index in [1.54, 1.807) is 13.0 Å². The third kappa shape index (κ3) is 3.22. The number of rotatable bonds is 5. The van der Waals surface area contributed by atoms with Crippen LogP contribution in [0.1, 0.15) is 19.8 Å². The maximum absolute atomic E-state index is 12.0. The van der Waals surface area contributed by atoms with Gasteiger partial charge in [0.15, 0.2) is 0 Å². The maximum Gasteiger partial charge on any atom is 0.329 e. The van der Waals surface area contributed by atoms with Crippen molar-refractivity contribution in [2.24, 2.45) is 0 Å². The minimum Gasteiger partial charge on any atom is -0.480 e. The van der Waals surface area contributed by atoms with Crippen molar-refractivity contribution in [3.8, 4) is 0 Å². The Kier molecular flexibility index (Phi) is 4.06. The van der Waals surface area contributed by atoms with E-state index in [1.807, 2.05) is 18.2 Å². The third-order valence-corrected chi connectivity index (χ3v) is 4.65. The highest BCUT2D eigenvalue weighted by atomic mass is 35.5. The number of carboxylic acid groups (broad SMARTS) is 1. The fourth-order valence-corrected chi connectivity index (χ4v) is 2.79. The lowest BCUT2D eigenvalue weighted by Gasteiger charge is -2.17. The predicted molar refractivity (Wildman–Crippen MR) is 74.5 cm³/mol. The van der Waals surface area contributed by atoms with Crippen molar-refractivity contribution >= 4 is 35.2 Å². The number of carboxylic acids is 1. The molecule has 0 heterocycles. The van der Waals surface area contributed by atoms with Crippen LogP contribution >= 0.6 is 23.4 Å². The molecule has 2 rings (SSSR count). The smallest absolute Gasteiger partial charge is 0.329 e. The minimum absolute atomic E-state index is 0.273. The lowest BCUT2D eigenvalue weighted by atomic mass is 10.2. The summed E-state index contributed by atoms with van der Waals surface area (Å²) >= 11 is 7.34. The average molecular weight is 300 g/mol. The molecule has 1 amide bonds. The van der Waals surface area contributed by atoms with E-state index >= 15 is 0 Å². The van der Waals surface area contributed by atoms with Crippen LogP contribution in [-0.2, 0) is 9.59 Å². The van der Waals surface area contributed by atoms with Gasteiger partial charge in [0.2, 0.25) is 5.91 Å². The second-order valence-corrected chi connectivity index (χ2v) is 6.36. The molecule has 1 atom stereocenters. The van der Waals surface area contributed by atoms with E-state index in [-0.39, 0.29) is 5.91 Å². The molecule has 0 aliphatic heterocycles. The molecule has 0 aromatic heterocycles. The molecule has 1 fully saturated rings. The van der Waals surface area contributed by atoms with E-state index in [0.717, 1.165) is 4.90 Å². The summed E-state index contributed by atoms with van der Waals surface area (Å²) in [5, 5.41) is 11.8. The molecule has 4 nitrogen and oxygen atoms in total. The number of carbonyl (C=O) groups excluding carboxylic acids is 1. The van der Waals surface area contributed by atoms with Crippen molar-refractivity contribution in [2.45, 2.75) is 35.4 Å². The van der Waals surface area contributed by atoms with Gasteiger partial charge in [0, 0.05) is 4.90 Å². The van der Waals surface area contributed by atoms with Crippen LogP contribution in [0.15, 0.2) is 29.2 Å². The molecule has 1 unspecified atom stereocenters. The Morgan fingerprint density at radius 1 is 1.42 bits per heavy atom. The Bertz CT molecular complexity index is 516. The van der Waals surface area contributed by atoms with Gasteiger partial charge in [-0.05, 0) is 31.9 Å². The number of thioether (sulfide) groups is 1. The van der Waals surface area contributed by atoms with Crippen molar-refractivity contribution in [1.29, 1.82) is 0 Å². The van der Waals surface area contributed by atoms with Gasteiger partial charge in [-0.15, -0.1) is 11.8 Å². The lowest BCUT2D eigenvalue weighted by Crippen LogP contribution is -2.46. The maximum atomic E-state index is 12.0. The normalized spacial score (nSPS) is 17.6. The summed E-state index contributed by atoms with van der Waals surface area (Å²) in [5.41, 5.74) is -1.04. The van der Waals surface area contributed by atoms with Crippen LogP contribution in [0.25, 0.3) is 0 Å². The average Bonchev–Trinajstić information content (AvgIpc) is 3.13. The highest BCUT2D eigenvalue weighted by molar-refractivity contribution is 8.00. The van der Waals surface area contributed by atoms with E-state index in [2.05, 4.69) is 5.32 Å². The molecule has 1 aliphatic carbocycles. The quantitative estimate of drug-likeness (QED) is 0.820. The Balaban J connectivity index is 1.97. The van der Waals surface area contributed by atoms with Gasteiger partial charge < -0.3 is 10.4 Å². The van der Waals surface area contributed by atoms with Crippen LogP contribution in [0.4, 0.5) is 0 Å². The summed E-state index contributed by atoms with van der Waals surface area (Å²) in [5.74, 6) is -1.24. The fourth-order valence-electron chi connectivity index (χ4n) is 1.64. The molecule has 1 aromatic rings. The lowest BCUT2D eigenvalue weighted by molar-refractivity contribution is -0.143. The summed E-state index contributed by atoms with van der Waals surface area (Å²) in [6.45, 7) is 1.74. The number of aliphatic carboxylic acids is 1. The Hall–Kier alpha value is -1.20. The highest BCUT2D eigenvalue weighted by Gasteiger charge is 2.52. The SMILES string of the molecule is CC(Sc1ccccc1Cl)C(=O)NC1(C(=O)O)CC1. The first kappa shape index (κ1) is 14.2. The fraction of sp³-hybridized carbons (Fsp3) is 0.385. The summed E-state index contributed by atoms with van der Waals surface area (Å²) in [4.78, 5) is 23.8. The zero-order valence-electron chi connectivity index (χ0n) is 10.4. The summed E-state index contributed by atoms with van der Waals surface area (Å²) in [7, 11) is 0. The first-order valence-electron chi connectivity index (χ1n) is 5.91. The van der Waals surface area contributed by atoms with Crippen LogP contribution in [0.5, 0.6) is 0 Å². The zero-order valence-corrected chi connectivity index (χ0v) is 11.9. The summed E-state index contributed by atoms with van der Waals surface area (Å²) in [6.07, 6.45) is 0.995. The largest absolute Gasteiger partial charge is 0.480 e. The van der Waals surface area contributed by atoms with Crippen LogP contribution in [0, 0.1) is 0 Å². The van der Waals surface area contributed by atoms with Crippen molar-refractivity contribution in [1.82, 2.24) is 5.32 Å². The molecule has 6 heteroatoms. The summed E-state index contributed by atoms with van der Waals surface area (Å²) in [6, 6.07) is 7.26. The van der Waals surface area contributed by atoms with E-state index in [4.69, 9.17) is 16.7 Å². The molecule has 0 bridgehead atoms. The van der Waals surface area contributed by atoms with E-state index in [1.165, 1.54) is 11.8 Å². The molecule has 1 aromatic carbocycles. The monoisotopic (exact) mass is 299 g/mol. The molecular weight excluding hydrogens is 286 g/mol. The second-order valence-electron chi connectivity index (χ2n) is 4.57. The van der Waals surface area contributed by atoms with E-state index in [0.29, 0.717) is 17.9 Å². The Labute approximate surface area is 120 Å². The zero-order chi connectivity index (χ0) is 14.0. The molecule has 0 spiro atoms. The number of benzene rings is 1. The molecule has 0 saturated heterocycles. The van der Waals surface area contributed by atoms with Crippen molar-refractivity contribution in [2.75, 3.05) is 0 Å². The van der Waals surface area contributed by atoms with Crippen LogP contribution in [0.3, 0.4) is 0 Å². The van der Waals surface area contributed by atoms with Gasteiger partial charge in [-0.1, -0.05) is 23.7 Å². The number of nitrogens with one attached hydrogen (secondary N) is 1. The van der Waals surface area contributed by atoms with Crippen molar-refractivity contribution in [3.63, 3.8) is 0 Å². The predicted octanol–water partition coefficient (Wildman–Crippen LogP) is 2.55. The van der Waals surface area contributed by atoms with Gasteiger partial charge in [-0.25, -0.2) is 4.79 Å². The van der Waals surface area contributed by atoms with Crippen molar-refractivity contribution in [3.05, 3.63) is 29.3 Å². The number of hydrogen-bond donors (Lipinski definition) is 2. The Morgan fingerprint density at radius 2 is 2.05 bits per heavy atom. The van der Waals surface area contributed by atoms with Crippen LogP contribution in [0.2, 0.25) is 5.02 Å². The standard InChI is InChI=1S/C13H14ClNO3S/c1-8(19-10-5-3-2-4-9(10)14)11(16)15-13(6-7-13)12(17)18/h2-5,8H,6-7H2,1H3,(H,15,16)(H,17,18). The van der Waals surface area contributed by atoms with Gasteiger partial charge in [-0.3, -0.25) is 4.79 Å². The second kappa shape index (κ2) is 5.43. The molecule has 1 aliphatic rings. The summed E-state index contributed by atoms with van der Waals surface area (Å²) < 4.78 is 0. The Morgan fingerprint density at radius 3 is 2.58 bits per heavy atom. The molecule has 2 N–H and O–H groups in total.